The lowest BCUT2D eigenvalue weighted by Gasteiger charge is -2.19. The average Bonchev–Trinajstić information content (AvgIpc) is 3.34. The molecule has 0 saturated carbocycles. The van der Waals surface area contributed by atoms with E-state index in [9.17, 15) is 4.79 Å². The van der Waals surface area contributed by atoms with Crippen LogP contribution in [0.1, 0.15) is 33.4 Å². The molecule has 1 saturated heterocycles. The van der Waals surface area contributed by atoms with E-state index in [1.807, 2.05) is 42.5 Å². The Morgan fingerprint density at radius 1 is 1.38 bits per heavy atom. The topological polar surface area (TPSA) is 96.1 Å². The number of amides is 1. The van der Waals surface area contributed by atoms with Crippen LogP contribution in [0.5, 0.6) is 5.88 Å². The summed E-state index contributed by atoms with van der Waals surface area (Å²) in [5.41, 5.74) is 3.23. The molecule has 154 valence electrons. The minimum Gasteiger partial charge on any atom is -0.470 e. The molecule has 0 aromatic carbocycles. The maximum Gasteiger partial charge on any atom is 0.407 e. The van der Waals surface area contributed by atoms with Crippen LogP contribution in [0, 0.1) is 6.92 Å². The Morgan fingerprint density at radius 3 is 2.76 bits per heavy atom. The van der Waals surface area contributed by atoms with E-state index in [0.29, 0.717) is 12.4 Å². The Bertz CT molecular complexity index is 1080. The number of rotatable bonds is 4. The van der Waals surface area contributed by atoms with Crippen LogP contribution < -0.4 is 10.1 Å². The number of fused-ring (bicyclic) bond motifs is 1. The summed E-state index contributed by atoms with van der Waals surface area (Å²) in [7, 11) is 1.89. The van der Waals surface area contributed by atoms with Crippen LogP contribution in [-0.2, 0) is 17.3 Å². The second-order valence-electron chi connectivity index (χ2n) is 8.41. The SMILES string of the molecule is Cc1c2c(O[C@H](C)[C@H]3CNC(=O)O3)nc(-c3cnn(C(C)(C)C)c3)cc2nn1C. The fraction of sp³-hybridized carbons (Fsp3) is 0.500. The van der Waals surface area contributed by atoms with E-state index < -0.39 is 6.09 Å². The van der Waals surface area contributed by atoms with Gasteiger partial charge in [0.2, 0.25) is 5.88 Å². The first-order valence-corrected chi connectivity index (χ1v) is 9.64. The molecule has 3 aromatic heterocycles. The molecule has 29 heavy (non-hydrogen) atoms. The molecule has 1 aliphatic rings. The van der Waals surface area contributed by atoms with E-state index in [0.717, 1.165) is 27.9 Å². The highest BCUT2D eigenvalue weighted by Gasteiger charge is 2.30. The zero-order valence-electron chi connectivity index (χ0n) is 17.6. The lowest BCUT2D eigenvalue weighted by Crippen LogP contribution is -2.32. The van der Waals surface area contributed by atoms with Gasteiger partial charge in [-0.05, 0) is 40.7 Å². The summed E-state index contributed by atoms with van der Waals surface area (Å²) in [6.07, 6.45) is 2.61. The number of hydrogen-bond donors (Lipinski definition) is 1. The molecular formula is C20H26N6O3. The zero-order valence-corrected chi connectivity index (χ0v) is 17.6. The average molecular weight is 398 g/mol. The summed E-state index contributed by atoms with van der Waals surface area (Å²) in [6.45, 7) is 10.5. The van der Waals surface area contributed by atoms with E-state index in [1.54, 1.807) is 6.20 Å². The Labute approximate surface area is 169 Å². The molecule has 4 heterocycles. The second kappa shape index (κ2) is 6.75. The first kappa shape index (κ1) is 19.2. The molecule has 1 amide bonds. The van der Waals surface area contributed by atoms with Gasteiger partial charge in [-0.1, -0.05) is 0 Å². The molecule has 0 aliphatic carbocycles. The van der Waals surface area contributed by atoms with Gasteiger partial charge in [-0.3, -0.25) is 9.36 Å². The Kier molecular flexibility index (Phi) is 4.48. The van der Waals surface area contributed by atoms with Crippen molar-refractivity contribution in [3.63, 3.8) is 0 Å². The first-order valence-electron chi connectivity index (χ1n) is 9.64. The summed E-state index contributed by atoms with van der Waals surface area (Å²) in [6, 6.07) is 1.95. The summed E-state index contributed by atoms with van der Waals surface area (Å²) < 4.78 is 15.2. The van der Waals surface area contributed by atoms with Crippen molar-refractivity contribution in [3.05, 3.63) is 24.2 Å². The maximum atomic E-state index is 11.4. The van der Waals surface area contributed by atoms with Crippen molar-refractivity contribution in [1.82, 2.24) is 29.9 Å². The normalized spacial score (nSPS) is 18.0. The lowest BCUT2D eigenvalue weighted by molar-refractivity contribution is 0.0564. The van der Waals surface area contributed by atoms with Crippen molar-refractivity contribution in [1.29, 1.82) is 0 Å². The number of nitrogens with zero attached hydrogens (tertiary/aromatic N) is 5. The molecule has 0 radical (unpaired) electrons. The zero-order chi connectivity index (χ0) is 20.9. The Hall–Kier alpha value is -3.10. The predicted molar refractivity (Wildman–Crippen MR) is 108 cm³/mol. The van der Waals surface area contributed by atoms with E-state index >= 15 is 0 Å². The van der Waals surface area contributed by atoms with Crippen molar-refractivity contribution in [2.75, 3.05) is 6.54 Å². The van der Waals surface area contributed by atoms with E-state index in [-0.39, 0.29) is 17.7 Å². The summed E-state index contributed by atoms with van der Waals surface area (Å²) in [5, 5.41) is 12.6. The van der Waals surface area contributed by atoms with Crippen molar-refractivity contribution in [3.8, 4) is 17.1 Å². The second-order valence-corrected chi connectivity index (χ2v) is 8.41. The fourth-order valence-corrected chi connectivity index (χ4v) is 3.30. The van der Waals surface area contributed by atoms with E-state index in [1.165, 1.54) is 0 Å². The minimum absolute atomic E-state index is 0.128. The highest BCUT2D eigenvalue weighted by Crippen LogP contribution is 2.32. The molecule has 1 N–H and O–H groups in total. The molecule has 0 unspecified atom stereocenters. The van der Waals surface area contributed by atoms with E-state index in [4.69, 9.17) is 14.5 Å². The third kappa shape index (κ3) is 3.52. The number of alkyl carbamates (subject to hydrolysis) is 1. The molecule has 4 rings (SSSR count). The molecule has 1 fully saturated rings. The van der Waals surface area contributed by atoms with Crippen molar-refractivity contribution >= 4 is 17.0 Å². The smallest absolute Gasteiger partial charge is 0.407 e. The van der Waals surface area contributed by atoms with Crippen LogP contribution in [0.15, 0.2) is 18.5 Å². The van der Waals surface area contributed by atoms with Gasteiger partial charge < -0.3 is 14.8 Å². The lowest BCUT2D eigenvalue weighted by atomic mass is 10.1. The molecule has 1 aliphatic heterocycles. The molecule has 0 spiro atoms. The van der Waals surface area contributed by atoms with Crippen LogP contribution in [0.3, 0.4) is 0 Å². The highest BCUT2D eigenvalue weighted by atomic mass is 16.6. The van der Waals surface area contributed by atoms with Gasteiger partial charge in [-0.25, -0.2) is 9.78 Å². The van der Waals surface area contributed by atoms with Crippen molar-refractivity contribution in [2.24, 2.45) is 7.05 Å². The Morgan fingerprint density at radius 2 is 2.14 bits per heavy atom. The summed E-state index contributed by atoms with van der Waals surface area (Å²) in [5.74, 6) is 0.474. The van der Waals surface area contributed by atoms with Crippen molar-refractivity contribution in [2.45, 2.75) is 52.4 Å². The van der Waals surface area contributed by atoms with Gasteiger partial charge in [0.05, 0.1) is 29.4 Å². The number of carbonyl (C=O) groups is 1. The maximum absolute atomic E-state index is 11.4. The number of aryl methyl sites for hydroxylation is 2. The third-order valence-corrected chi connectivity index (χ3v) is 5.16. The number of hydrogen-bond acceptors (Lipinski definition) is 6. The van der Waals surface area contributed by atoms with E-state index in [2.05, 4.69) is 36.3 Å². The predicted octanol–water partition coefficient (Wildman–Crippen LogP) is 2.77. The number of cyclic esters (lactones) is 1. The summed E-state index contributed by atoms with van der Waals surface area (Å²) in [4.78, 5) is 16.2. The van der Waals surface area contributed by atoms with Gasteiger partial charge in [-0.15, -0.1) is 0 Å². The standard InChI is InChI=1S/C20H26N6O3/c1-11-17-15(24-25(11)6)7-14(13-8-22-26(10-13)20(3,4)5)23-18(17)28-12(2)16-9-21-19(27)29-16/h7-8,10,12,16H,9H2,1-6H3,(H,21,27)/t12-,16-/m1/s1. The van der Waals surface area contributed by atoms with Gasteiger partial charge in [-0.2, -0.15) is 10.2 Å². The van der Waals surface area contributed by atoms with Crippen molar-refractivity contribution < 1.29 is 14.3 Å². The molecule has 0 bridgehead atoms. The number of ether oxygens (including phenoxy) is 2. The molecule has 3 aromatic rings. The van der Waals surface area contributed by atoms with Gasteiger partial charge in [0, 0.05) is 24.5 Å². The van der Waals surface area contributed by atoms with Gasteiger partial charge in [0.1, 0.15) is 11.6 Å². The number of aromatic nitrogens is 5. The largest absolute Gasteiger partial charge is 0.470 e. The van der Waals surface area contributed by atoms with Gasteiger partial charge >= 0.3 is 6.09 Å². The highest BCUT2D eigenvalue weighted by molar-refractivity contribution is 5.89. The monoisotopic (exact) mass is 398 g/mol. The quantitative estimate of drug-likeness (QED) is 0.726. The van der Waals surface area contributed by atoms with Crippen LogP contribution in [-0.4, -0.2) is 49.4 Å². The minimum atomic E-state index is -0.426. The van der Waals surface area contributed by atoms with Gasteiger partial charge in [0.25, 0.3) is 0 Å². The number of pyridine rings is 1. The molecule has 9 nitrogen and oxygen atoms in total. The molecule has 9 heteroatoms. The van der Waals surface area contributed by atoms with Crippen LogP contribution in [0.4, 0.5) is 4.79 Å². The van der Waals surface area contributed by atoms with Crippen LogP contribution in [0.25, 0.3) is 22.2 Å². The first-order chi connectivity index (χ1) is 13.6. The third-order valence-electron chi connectivity index (χ3n) is 5.16. The molecular weight excluding hydrogens is 372 g/mol. The Balaban J connectivity index is 1.75. The van der Waals surface area contributed by atoms with Crippen LogP contribution in [0.2, 0.25) is 0 Å². The summed E-state index contributed by atoms with van der Waals surface area (Å²) >= 11 is 0. The van der Waals surface area contributed by atoms with Crippen LogP contribution >= 0.6 is 0 Å². The molecule has 2 atom stereocenters. The number of carbonyl (C=O) groups excluding carboxylic acids is 1. The number of nitrogens with one attached hydrogen (secondary N) is 1. The van der Waals surface area contributed by atoms with Gasteiger partial charge in [0.15, 0.2) is 6.10 Å². The fourth-order valence-electron chi connectivity index (χ4n) is 3.30.